The van der Waals surface area contributed by atoms with Gasteiger partial charge in [0.2, 0.25) is 0 Å². The van der Waals surface area contributed by atoms with Crippen LogP contribution in [-0.2, 0) is 11.3 Å². The molecule has 1 aliphatic rings. The predicted molar refractivity (Wildman–Crippen MR) is 73.9 cm³/mol. The molecule has 1 N–H and O–H groups in total. The van der Waals surface area contributed by atoms with Gasteiger partial charge in [0.1, 0.15) is 0 Å². The molecule has 2 rings (SSSR count). The molecule has 1 aromatic heterocycles. The van der Waals surface area contributed by atoms with Crippen LogP contribution in [0.15, 0.2) is 18.5 Å². The maximum absolute atomic E-state index is 5.69. The van der Waals surface area contributed by atoms with E-state index in [4.69, 9.17) is 4.74 Å². The van der Waals surface area contributed by atoms with Gasteiger partial charge in [-0.3, -0.25) is 4.98 Å². The Morgan fingerprint density at radius 3 is 2.89 bits per heavy atom. The van der Waals surface area contributed by atoms with Gasteiger partial charge in [-0.25, -0.2) is 0 Å². The van der Waals surface area contributed by atoms with Crippen LogP contribution in [0.4, 0.5) is 5.69 Å². The molecule has 0 aromatic carbocycles. The number of piperidine rings is 1. The fraction of sp³-hybridized carbons (Fsp3) is 0.643. The maximum Gasteiger partial charge on any atom is 0.0608 e. The van der Waals surface area contributed by atoms with Crippen molar-refractivity contribution in [2.45, 2.75) is 32.4 Å². The second kappa shape index (κ2) is 6.71. The van der Waals surface area contributed by atoms with Crippen molar-refractivity contribution in [1.82, 2.24) is 10.3 Å². The third kappa shape index (κ3) is 3.21. The molecule has 1 saturated heterocycles. The summed E-state index contributed by atoms with van der Waals surface area (Å²) in [6.07, 6.45) is 6.52. The lowest BCUT2D eigenvalue weighted by molar-refractivity contribution is 0.0459. The standard InChI is InChI=1S/C14H23N3O/c1-3-18-13-5-8-17(9-6-13)14-4-7-16-11-12(14)10-15-2/h4,7,11,13,15H,3,5-6,8-10H2,1-2H3. The van der Waals surface area contributed by atoms with Gasteiger partial charge in [-0.2, -0.15) is 0 Å². The average molecular weight is 249 g/mol. The lowest BCUT2D eigenvalue weighted by Gasteiger charge is -2.34. The number of ether oxygens (including phenoxy) is 1. The lowest BCUT2D eigenvalue weighted by atomic mass is 10.1. The van der Waals surface area contributed by atoms with Gasteiger partial charge in [0.25, 0.3) is 0 Å². The summed E-state index contributed by atoms with van der Waals surface area (Å²) in [7, 11) is 1.97. The zero-order valence-corrected chi connectivity index (χ0v) is 11.4. The number of pyridine rings is 1. The molecule has 18 heavy (non-hydrogen) atoms. The number of hydrogen-bond acceptors (Lipinski definition) is 4. The highest BCUT2D eigenvalue weighted by Crippen LogP contribution is 2.24. The Kier molecular flexibility index (Phi) is 4.96. The van der Waals surface area contributed by atoms with Crippen molar-refractivity contribution >= 4 is 5.69 Å². The molecule has 0 aliphatic carbocycles. The van der Waals surface area contributed by atoms with Crippen LogP contribution in [-0.4, -0.2) is 37.8 Å². The number of anilines is 1. The second-order valence-corrected chi connectivity index (χ2v) is 4.68. The molecule has 1 aliphatic heterocycles. The first-order valence-electron chi connectivity index (χ1n) is 6.79. The van der Waals surface area contributed by atoms with Crippen LogP contribution in [0.25, 0.3) is 0 Å². The summed E-state index contributed by atoms with van der Waals surface area (Å²) in [5.41, 5.74) is 2.59. The normalized spacial score (nSPS) is 17.1. The Bertz CT molecular complexity index is 362. The molecule has 0 saturated carbocycles. The third-order valence-electron chi connectivity index (χ3n) is 3.43. The van der Waals surface area contributed by atoms with Crippen molar-refractivity contribution < 1.29 is 4.74 Å². The fourth-order valence-corrected chi connectivity index (χ4v) is 2.55. The number of rotatable bonds is 5. The summed E-state index contributed by atoms with van der Waals surface area (Å²) in [6, 6.07) is 2.12. The average Bonchev–Trinajstić information content (AvgIpc) is 2.41. The molecular formula is C14H23N3O. The molecule has 100 valence electrons. The van der Waals surface area contributed by atoms with Crippen molar-refractivity contribution in [3.8, 4) is 0 Å². The molecule has 1 aromatic rings. The van der Waals surface area contributed by atoms with Gasteiger partial charge in [0.15, 0.2) is 0 Å². The predicted octanol–water partition coefficient (Wildman–Crippen LogP) is 1.81. The zero-order valence-electron chi connectivity index (χ0n) is 11.4. The van der Waals surface area contributed by atoms with E-state index in [1.54, 1.807) is 0 Å². The first-order valence-corrected chi connectivity index (χ1v) is 6.79. The molecule has 4 heteroatoms. The molecule has 0 amide bonds. The topological polar surface area (TPSA) is 37.4 Å². The highest BCUT2D eigenvalue weighted by atomic mass is 16.5. The minimum absolute atomic E-state index is 0.445. The molecular weight excluding hydrogens is 226 g/mol. The van der Waals surface area contributed by atoms with Crippen molar-refractivity contribution in [2.24, 2.45) is 0 Å². The van der Waals surface area contributed by atoms with E-state index in [9.17, 15) is 0 Å². The second-order valence-electron chi connectivity index (χ2n) is 4.68. The highest BCUT2D eigenvalue weighted by Gasteiger charge is 2.20. The highest BCUT2D eigenvalue weighted by molar-refractivity contribution is 5.52. The lowest BCUT2D eigenvalue weighted by Crippen LogP contribution is -2.37. The number of nitrogens with one attached hydrogen (secondary N) is 1. The summed E-state index contributed by atoms with van der Waals surface area (Å²) in [6.45, 7) is 5.91. The summed E-state index contributed by atoms with van der Waals surface area (Å²) >= 11 is 0. The molecule has 0 bridgehead atoms. The van der Waals surface area contributed by atoms with Crippen LogP contribution in [0.5, 0.6) is 0 Å². The minimum Gasteiger partial charge on any atom is -0.378 e. The van der Waals surface area contributed by atoms with Crippen molar-refractivity contribution in [1.29, 1.82) is 0 Å². The molecule has 0 spiro atoms. The van der Waals surface area contributed by atoms with E-state index in [1.807, 2.05) is 19.4 Å². The minimum atomic E-state index is 0.445. The number of nitrogens with zero attached hydrogens (tertiary/aromatic N) is 2. The molecule has 1 fully saturated rings. The third-order valence-corrected chi connectivity index (χ3v) is 3.43. The maximum atomic E-state index is 5.69. The van der Waals surface area contributed by atoms with Gasteiger partial charge in [0, 0.05) is 49.9 Å². The van der Waals surface area contributed by atoms with Gasteiger partial charge in [-0.05, 0) is 32.9 Å². The van der Waals surface area contributed by atoms with Gasteiger partial charge in [-0.1, -0.05) is 0 Å². The first kappa shape index (κ1) is 13.3. The van der Waals surface area contributed by atoms with Crippen LogP contribution >= 0.6 is 0 Å². The summed E-state index contributed by atoms with van der Waals surface area (Å²) in [5, 5.41) is 3.20. The van der Waals surface area contributed by atoms with Crippen LogP contribution < -0.4 is 10.2 Å². The molecule has 2 heterocycles. The molecule has 0 atom stereocenters. The SMILES string of the molecule is CCOC1CCN(c2ccncc2CNC)CC1. The summed E-state index contributed by atoms with van der Waals surface area (Å²) in [5.74, 6) is 0. The van der Waals surface area contributed by atoms with Crippen LogP contribution in [0.2, 0.25) is 0 Å². The zero-order chi connectivity index (χ0) is 12.8. The Hall–Kier alpha value is -1.13. The molecule has 0 radical (unpaired) electrons. The Morgan fingerprint density at radius 2 is 2.22 bits per heavy atom. The molecule has 4 nitrogen and oxygen atoms in total. The van der Waals surface area contributed by atoms with Gasteiger partial charge >= 0.3 is 0 Å². The smallest absolute Gasteiger partial charge is 0.0608 e. The van der Waals surface area contributed by atoms with Crippen molar-refractivity contribution in [3.05, 3.63) is 24.0 Å². The summed E-state index contributed by atoms with van der Waals surface area (Å²) in [4.78, 5) is 6.66. The number of hydrogen-bond donors (Lipinski definition) is 1. The van der Waals surface area contributed by atoms with Gasteiger partial charge in [-0.15, -0.1) is 0 Å². The van der Waals surface area contributed by atoms with E-state index in [1.165, 1.54) is 11.3 Å². The van der Waals surface area contributed by atoms with E-state index in [0.717, 1.165) is 39.1 Å². The van der Waals surface area contributed by atoms with Gasteiger partial charge < -0.3 is 15.0 Å². The van der Waals surface area contributed by atoms with Crippen molar-refractivity contribution in [2.75, 3.05) is 31.6 Å². The van der Waals surface area contributed by atoms with Gasteiger partial charge in [0.05, 0.1) is 6.10 Å². The summed E-state index contributed by atoms with van der Waals surface area (Å²) < 4.78 is 5.69. The number of aromatic nitrogens is 1. The fourth-order valence-electron chi connectivity index (χ4n) is 2.55. The van der Waals surface area contributed by atoms with E-state index < -0.39 is 0 Å². The van der Waals surface area contributed by atoms with Crippen molar-refractivity contribution in [3.63, 3.8) is 0 Å². The van der Waals surface area contributed by atoms with E-state index in [2.05, 4.69) is 28.2 Å². The van der Waals surface area contributed by atoms with E-state index in [-0.39, 0.29) is 0 Å². The Labute approximate surface area is 109 Å². The van der Waals surface area contributed by atoms with E-state index in [0.29, 0.717) is 6.10 Å². The Balaban J connectivity index is 2.00. The van der Waals surface area contributed by atoms with E-state index >= 15 is 0 Å². The Morgan fingerprint density at radius 1 is 1.44 bits per heavy atom. The quantitative estimate of drug-likeness (QED) is 0.863. The largest absolute Gasteiger partial charge is 0.378 e. The monoisotopic (exact) mass is 249 g/mol. The molecule has 0 unspecified atom stereocenters. The van der Waals surface area contributed by atoms with Crippen LogP contribution in [0, 0.1) is 0 Å². The van der Waals surface area contributed by atoms with Crippen LogP contribution in [0.1, 0.15) is 25.3 Å². The first-order chi connectivity index (χ1) is 8.85. The van der Waals surface area contributed by atoms with Crippen LogP contribution in [0.3, 0.4) is 0 Å².